The number of hydrogen-bond donors (Lipinski definition) is 1. The van der Waals surface area contributed by atoms with Crippen molar-refractivity contribution in [2.24, 2.45) is 5.92 Å². The molecular weight excluding hydrogens is 345 g/mol. The highest BCUT2D eigenvalue weighted by Gasteiger charge is 2.30. The molecule has 0 radical (unpaired) electrons. The lowest BCUT2D eigenvalue weighted by atomic mass is 9.99. The summed E-state index contributed by atoms with van der Waals surface area (Å²) in [4.78, 5) is 12.2. The van der Waals surface area contributed by atoms with Gasteiger partial charge in [-0.2, -0.15) is 13.2 Å². The van der Waals surface area contributed by atoms with Crippen LogP contribution in [0.5, 0.6) is 0 Å². The number of rotatable bonds is 8. The molecule has 1 atom stereocenters. The normalized spacial score (nSPS) is 12.8. The first-order valence-electron chi connectivity index (χ1n) is 8.77. The van der Waals surface area contributed by atoms with Crippen molar-refractivity contribution in [1.29, 1.82) is 0 Å². The zero-order chi connectivity index (χ0) is 19.2. The molecule has 0 aliphatic carbocycles. The molecule has 0 bridgehead atoms. The van der Waals surface area contributed by atoms with Gasteiger partial charge in [-0.15, -0.1) is 0 Å². The minimum Gasteiger partial charge on any atom is -0.355 e. The molecule has 142 valence electrons. The molecule has 1 aromatic heterocycles. The molecule has 2 aromatic rings. The Bertz CT molecular complexity index is 726. The van der Waals surface area contributed by atoms with Gasteiger partial charge in [0.05, 0.1) is 5.56 Å². The molecule has 26 heavy (non-hydrogen) atoms. The highest BCUT2D eigenvalue weighted by Crippen LogP contribution is 2.32. The van der Waals surface area contributed by atoms with E-state index >= 15 is 0 Å². The van der Waals surface area contributed by atoms with E-state index < -0.39 is 11.7 Å². The van der Waals surface area contributed by atoms with Crippen LogP contribution in [0.1, 0.15) is 55.6 Å². The van der Waals surface area contributed by atoms with Crippen molar-refractivity contribution in [3.05, 3.63) is 41.6 Å². The number of unbranched alkanes of at least 4 members (excludes halogenated alkanes) is 1. The Morgan fingerprint density at radius 2 is 2.04 bits per heavy atom. The van der Waals surface area contributed by atoms with Crippen LogP contribution in [0.4, 0.5) is 13.2 Å². The number of hydrogen-bond acceptors (Lipinski definition) is 3. The van der Waals surface area contributed by atoms with E-state index in [1.54, 1.807) is 0 Å². The Hall–Kier alpha value is -2.31. The van der Waals surface area contributed by atoms with E-state index in [9.17, 15) is 18.0 Å². The maximum atomic E-state index is 12.8. The molecular formula is C19H23F3N2O2. The summed E-state index contributed by atoms with van der Waals surface area (Å²) < 4.78 is 43.5. The zero-order valence-corrected chi connectivity index (χ0v) is 14.9. The average Bonchev–Trinajstić information content (AvgIpc) is 3.11. The number of nitrogens with one attached hydrogen (secondary N) is 1. The summed E-state index contributed by atoms with van der Waals surface area (Å²) >= 11 is 0. The van der Waals surface area contributed by atoms with Gasteiger partial charge in [0.25, 0.3) is 5.91 Å². The maximum Gasteiger partial charge on any atom is 0.416 e. The Labute approximate surface area is 150 Å². The number of alkyl halides is 3. The molecule has 0 saturated carbocycles. The molecule has 1 heterocycles. The third-order valence-corrected chi connectivity index (χ3v) is 4.31. The monoisotopic (exact) mass is 368 g/mol. The van der Waals surface area contributed by atoms with E-state index in [1.807, 2.05) is 0 Å². The molecule has 1 amide bonds. The predicted molar refractivity (Wildman–Crippen MR) is 92.6 cm³/mol. The predicted octanol–water partition coefficient (Wildman–Crippen LogP) is 5.31. The summed E-state index contributed by atoms with van der Waals surface area (Å²) in [6.45, 7) is 4.74. The lowest BCUT2D eigenvalue weighted by Gasteiger charge is -2.14. The topological polar surface area (TPSA) is 55.1 Å². The first-order valence-corrected chi connectivity index (χ1v) is 8.77. The van der Waals surface area contributed by atoms with Gasteiger partial charge in [0.2, 0.25) is 0 Å². The van der Waals surface area contributed by atoms with Crippen LogP contribution in [0.3, 0.4) is 0 Å². The van der Waals surface area contributed by atoms with Crippen molar-refractivity contribution >= 4 is 5.91 Å². The average molecular weight is 368 g/mol. The van der Waals surface area contributed by atoms with Crippen molar-refractivity contribution in [1.82, 2.24) is 10.5 Å². The van der Waals surface area contributed by atoms with Gasteiger partial charge in [0.1, 0.15) is 0 Å². The lowest BCUT2D eigenvalue weighted by molar-refractivity contribution is -0.137. The molecule has 0 saturated heterocycles. The Balaban J connectivity index is 2.04. The van der Waals surface area contributed by atoms with E-state index in [4.69, 9.17) is 4.52 Å². The minimum atomic E-state index is -4.44. The van der Waals surface area contributed by atoms with Gasteiger partial charge in [0.15, 0.2) is 11.5 Å². The van der Waals surface area contributed by atoms with Crippen LogP contribution in [-0.4, -0.2) is 17.6 Å². The Morgan fingerprint density at radius 3 is 2.69 bits per heavy atom. The SMILES string of the molecule is CCCCC(CC)CNC(=O)c1cc(-c2cccc(C(F)(F)F)c2)on1. The van der Waals surface area contributed by atoms with Crippen molar-refractivity contribution in [3.8, 4) is 11.3 Å². The number of halogens is 3. The summed E-state index contributed by atoms with van der Waals surface area (Å²) in [6, 6.07) is 6.09. The number of carbonyl (C=O) groups is 1. The Morgan fingerprint density at radius 1 is 1.27 bits per heavy atom. The van der Waals surface area contributed by atoms with Crippen LogP contribution in [0.25, 0.3) is 11.3 Å². The fourth-order valence-corrected chi connectivity index (χ4v) is 2.64. The Kier molecular flexibility index (Phi) is 6.83. The standard InChI is InChI=1S/C19H23F3N2O2/c1-3-5-7-13(4-2)12-23-18(25)16-11-17(26-24-16)14-8-6-9-15(10-14)19(20,21)22/h6,8-11,13H,3-5,7,12H2,1-2H3,(H,23,25). The van der Waals surface area contributed by atoms with Gasteiger partial charge >= 0.3 is 6.18 Å². The molecule has 0 fully saturated rings. The fourth-order valence-electron chi connectivity index (χ4n) is 2.64. The third kappa shape index (κ3) is 5.34. The van der Waals surface area contributed by atoms with Crippen LogP contribution < -0.4 is 5.32 Å². The summed E-state index contributed by atoms with van der Waals surface area (Å²) in [5.74, 6) is 0.134. The highest BCUT2D eigenvalue weighted by molar-refractivity contribution is 5.93. The first-order chi connectivity index (χ1) is 12.3. The molecule has 0 aliphatic heterocycles. The number of benzene rings is 1. The second-order valence-electron chi connectivity index (χ2n) is 6.28. The van der Waals surface area contributed by atoms with Crippen molar-refractivity contribution in [2.45, 2.75) is 45.7 Å². The zero-order valence-electron chi connectivity index (χ0n) is 14.9. The molecule has 7 heteroatoms. The van der Waals surface area contributed by atoms with Gasteiger partial charge in [0, 0.05) is 18.2 Å². The summed E-state index contributed by atoms with van der Waals surface area (Å²) in [5.41, 5.74) is -0.498. The van der Waals surface area contributed by atoms with Crippen LogP contribution in [0.2, 0.25) is 0 Å². The quantitative estimate of drug-likeness (QED) is 0.687. The smallest absolute Gasteiger partial charge is 0.355 e. The largest absolute Gasteiger partial charge is 0.416 e. The van der Waals surface area contributed by atoms with Crippen molar-refractivity contribution in [2.75, 3.05) is 6.54 Å². The first kappa shape index (κ1) is 20.0. The number of amides is 1. The van der Waals surface area contributed by atoms with Gasteiger partial charge in [-0.25, -0.2) is 0 Å². The number of carbonyl (C=O) groups excluding carboxylic acids is 1. The van der Waals surface area contributed by atoms with Gasteiger partial charge in [-0.05, 0) is 24.5 Å². The second-order valence-corrected chi connectivity index (χ2v) is 6.28. The van der Waals surface area contributed by atoms with Gasteiger partial charge in [-0.1, -0.05) is 50.4 Å². The maximum absolute atomic E-state index is 12.8. The van der Waals surface area contributed by atoms with Crippen molar-refractivity contribution < 1.29 is 22.5 Å². The minimum absolute atomic E-state index is 0.0581. The second kappa shape index (κ2) is 8.87. The lowest BCUT2D eigenvalue weighted by Crippen LogP contribution is -2.29. The molecule has 0 aliphatic rings. The van der Waals surface area contributed by atoms with Crippen LogP contribution in [0.15, 0.2) is 34.9 Å². The van der Waals surface area contributed by atoms with Crippen LogP contribution >= 0.6 is 0 Å². The molecule has 1 aromatic carbocycles. The number of nitrogens with zero attached hydrogens (tertiary/aromatic N) is 1. The third-order valence-electron chi connectivity index (χ3n) is 4.31. The number of aromatic nitrogens is 1. The molecule has 4 nitrogen and oxygen atoms in total. The molecule has 0 spiro atoms. The van der Waals surface area contributed by atoms with E-state index in [0.717, 1.165) is 37.8 Å². The molecule has 2 rings (SSSR count). The van der Waals surface area contributed by atoms with E-state index in [2.05, 4.69) is 24.3 Å². The van der Waals surface area contributed by atoms with Crippen LogP contribution in [-0.2, 0) is 6.18 Å². The van der Waals surface area contributed by atoms with Gasteiger partial charge < -0.3 is 9.84 Å². The molecule has 1 N–H and O–H groups in total. The van der Waals surface area contributed by atoms with Crippen molar-refractivity contribution in [3.63, 3.8) is 0 Å². The fraction of sp³-hybridized carbons (Fsp3) is 0.474. The highest BCUT2D eigenvalue weighted by atomic mass is 19.4. The van der Waals surface area contributed by atoms with E-state index in [1.165, 1.54) is 18.2 Å². The summed E-state index contributed by atoms with van der Waals surface area (Å²) in [7, 11) is 0. The van der Waals surface area contributed by atoms with E-state index in [-0.39, 0.29) is 22.9 Å². The van der Waals surface area contributed by atoms with E-state index in [0.29, 0.717) is 12.5 Å². The van der Waals surface area contributed by atoms with Crippen LogP contribution in [0, 0.1) is 5.92 Å². The van der Waals surface area contributed by atoms with Gasteiger partial charge in [-0.3, -0.25) is 4.79 Å². The summed E-state index contributed by atoms with van der Waals surface area (Å²) in [6.07, 6.45) is -0.216. The molecule has 1 unspecified atom stereocenters. The summed E-state index contributed by atoms with van der Waals surface area (Å²) in [5, 5.41) is 6.50.